The molecule has 0 spiro atoms. The molecule has 164 valence electrons. The smallest absolute Gasteiger partial charge is 0.264 e. The molecule has 0 aliphatic carbocycles. The Kier molecular flexibility index (Phi) is 7.17. The Labute approximate surface area is 202 Å². The molecule has 9 heteroatoms. The number of amides is 1. The van der Waals surface area contributed by atoms with Crippen LogP contribution >= 0.6 is 27.7 Å². The molecule has 0 atom stereocenters. The van der Waals surface area contributed by atoms with E-state index in [1.807, 2.05) is 24.3 Å². The summed E-state index contributed by atoms with van der Waals surface area (Å²) in [6, 6.07) is 16.9. The first-order valence-electron chi connectivity index (χ1n) is 9.84. The number of carbonyl (C=O) groups is 1. The van der Waals surface area contributed by atoms with Crippen molar-refractivity contribution in [3.05, 3.63) is 92.8 Å². The number of benzene rings is 2. The molecule has 1 saturated heterocycles. The summed E-state index contributed by atoms with van der Waals surface area (Å²) in [5, 5.41) is 12.2. The third-order valence-electron chi connectivity index (χ3n) is 4.53. The van der Waals surface area contributed by atoms with Crippen LogP contribution in [0.3, 0.4) is 0 Å². The fraction of sp³-hybridized carbons (Fsp3) is 0.0833. The van der Waals surface area contributed by atoms with Crippen LogP contribution in [0.15, 0.2) is 75.2 Å². The lowest BCUT2D eigenvalue weighted by atomic mass is 10.2. The van der Waals surface area contributed by atoms with E-state index in [1.165, 1.54) is 23.9 Å². The monoisotopic (exact) mass is 522 g/mol. The molecule has 33 heavy (non-hydrogen) atoms. The van der Waals surface area contributed by atoms with E-state index < -0.39 is 5.82 Å². The fourth-order valence-electron chi connectivity index (χ4n) is 2.93. The van der Waals surface area contributed by atoms with Crippen molar-refractivity contribution in [2.45, 2.75) is 6.42 Å². The maximum Gasteiger partial charge on any atom is 0.264 e. The van der Waals surface area contributed by atoms with E-state index in [2.05, 4.69) is 31.2 Å². The van der Waals surface area contributed by atoms with Gasteiger partial charge in [-0.1, -0.05) is 12.1 Å². The van der Waals surface area contributed by atoms with Crippen LogP contribution in [0.4, 0.5) is 4.39 Å². The van der Waals surface area contributed by atoms with Crippen LogP contribution in [0.2, 0.25) is 0 Å². The summed E-state index contributed by atoms with van der Waals surface area (Å²) < 4.78 is 20.8. The molecule has 2 aromatic carbocycles. The predicted molar refractivity (Wildman–Crippen MR) is 129 cm³/mol. The van der Waals surface area contributed by atoms with Crippen molar-refractivity contribution >= 4 is 44.8 Å². The average Bonchev–Trinajstić information content (AvgIpc) is 3.16. The number of nitriles is 1. The largest absolute Gasteiger partial charge is 0.453 e. The Morgan fingerprint density at radius 1 is 1.21 bits per heavy atom. The molecule has 1 aromatic heterocycles. The Morgan fingerprint density at radius 2 is 2.06 bits per heavy atom. The van der Waals surface area contributed by atoms with Crippen LogP contribution in [0.5, 0.6) is 11.5 Å². The molecule has 0 saturated carbocycles. The van der Waals surface area contributed by atoms with Crippen molar-refractivity contribution in [3.8, 4) is 17.6 Å². The lowest BCUT2D eigenvalue weighted by Crippen LogP contribution is -2.20. The summed E-state index contributed by atoms with van der Waals surface area (Å²) in [5.41, 5.74) is 1.91. The highest BCUT2D eigenvalue weighted by Gasteiger charge is 2.23. The molecule has 3 aromatic rings. The Balaban J connectivity index is 1.42. The highest BCUT2D eigenvalue weighted by Crippen LogP contribution is 2.33. The highest BCUT2D eigenvalue weighted by molar-refractivity contribution is 9.10. The number of rotatable bonds is 6. The van der Waals surface area contributed by atoms with Crippen molar-refractivity contribution < 1.29 is 13.9 Å². The van der Waals surface area contributed by atoms with Gasteiger partial charge in [-0.25, -0.2) is 4.39 Å². The number of pyridine rings is 1. The second-order valence-electron chi connectivity index (χ2n) is 6.87. The van der Waals surface area contributed by atoms with Gasteiger partial charge in [0, 0.05) is 24.9 Å². The number of amidine groups is 1. The number of halogens is 2. The number of nitrogens with one attached hydrogen (secondary N) is 1. The third kappa shape index (κ3) is 5.86. The number of ether oxygens (including phenoxy) is 1. The average molecular weight is 523 g/mol. The zero-order valence-corrected chi connectivity index (χ0v) is 19.5. The summed E-state index contributed by atoms with van der Waals surface area (Å²) >= 11 is 4.53. The van der Waals surface area contributed by atoms with E-state index in [0.29, 0.717) is 44.4 Å². The Hall–Kier alpha value is -3.48. The van der Waals surface area contributed by atoms with Crippen LogP contribution in [-0.4, -0.2) is 22.6 Å². The number of hydrogen-bond donors (Lipinski definition) is 1. The van der Waals surface area contributed by atoms with E-state index >= 15 is 0 Å². The number of nitrogens with zero attached hydrogens (tertiary/aromatic N) is 3. The van der Waals surface area contributed by atoms with E-state index in [1.54, 1.807) is 36.5 Å². The van der Waals surface area contributed by atoms with Gasteiger partial charge in [-0.3, -0.25) is 14.8 Å². The molecule has 2 heterocycles. The molecule has 1 amide bonds. The van der Waals surface area contributed by atoms with Crippen molar-refractivity contribution in [1.29, 1.82) is 5.26 Å². The molecule has 4 rings (SSSR count). The predicted octanol–water partition coefficient (Wildman–Crippen LogP) is 5.45. The molecule has 0 bridgehead atoms. The van der Waals surface area contributed by atoms with Crippen molar-refractivity contribution in [2.75, 3.05) is 6.54 Å². The molecule has 1 aliphatic heterocycles. The lowest BCUT2D eigenvalue weighted by molar-refractivity contribution is -0.115. The summed E-state index contributed by atoms with van der Waals surface area (Å²) in [7, 11) is 0. The van der Waals surface area contributed by atoms with Gasteiger partial charge in [0.05, 0.1) is 21.0 Å². The number of carbonyl (C=O) groups excluding carboxylic acids is 1. The standard InChI is InChI=1S/C24H16BrFN4O2S/c25-18-11-16(14-27)5-6-20(18)32-21-7-4-15(12-19(21)26)13-22-23(31)30-24(33-22)29-10-8-17-3-1-2-9-28-17/h1-7,9,11-13H,8,10H2,(H,29,30,31). The minimum absolute atomic E-state index is 0.0304. The molecular formula is C24H16BrFN4O2S. The molecular weight excluding hydrogens is 507 g/mol. The normalized spacial score (nSPS) is 15.5. The van der Waals surface area contributed by atoms with Gasteiger partial charge in [-0.2, -0.15) is 5.26 Å². The van der Waals surface area contributed by atoms with Gasteiger partial charge in [-0.15, -0.1) is 0 Å². The van der Waals surface area contributed by atoms with Crippen LogP contribution in [0, 0.1) is 17.1 Å². The van der Waals surface area contributed by atoms with Crippen molar-refractivity contribution in [3.63, 3.8) is 0 Å². The van der Waals surface area contributed by atoms with Crippen LogP contribution in [-0.2, 0) is 11.2 Å². The minimum Gasteiger partial charge on any atom is -0.453 e. The van der Waals surface area contributed by atoms with E-state index in [9.17, 15) is 9.18 Å². The van der Waals surface area contributed by atoms with Crippen molar-refractivity contribution in [2.24, 2.45) is 4.99 Å². The molecule has 1 aliphatic rings. The third-order valence-corrected chi connectivity index (χ3v) is 6.10. The summed E-state index contributed by atoms with van der Waals surface area (Å²) in [5.74, 6) is -0.439. The highest BCUT2D eigenvalue weighted by atomic mass is 79.9. The van der Waals surface area contributed by atoms with Gasteiger partial charge in [-0.05, 0) is 81.8 Å². The second kappa shape index (κ2) is 10.4. The molecule has 1 fully saturated rings. The van der Waals surface area contributed by atoms with Gasteiger partial charge in [0.15, 0.2) is 16.7 Å². The van der Waals surface area contributed by atoms with Gasteiger partial charge in [0.2, 0.25) is 0 Å². The molecule has 1 N–H and O–H groups in total. The first kappa shape index (κ1) is 22.7. The van der Waals surface area contributed by atoms with E-state index in [-0.39, 0.29) is 11.7 Å². The molecule has 0 unspecified atom stereocenters. The summed E-state index contributed by atoms with van der Waals surface area (Å²) in [4.78, 5) is 21.3. The topological polar surface area (TPSA) is 87.4 Å². The summed E-state index contributed by atoms with van der Waals surface area (Å²) in [6.07, 6.45) is 4.00. The van der Waals surface area contributed by atoms with E-state index in [4.69, 9.17) is 10.00 Å². The first-order valence-corrected chi connectivity index (χ1v) is 11.4. The first-order chi connectivity index (χ1) is 16.0. The SMILES string of the molecule is N#Cc1ccc(Oc2ccc(C=C3SC(=NCCc4ccccn4)NC3=O)cc2F)c(Br)c1. The number of hydrogen-bond acceptors (Lipinski definition) is 6. The fourth-order valence-corrected chi connectivity index (χ4v) is 4.24. The van der Waals surface area contributed by atoms with Crippen LogP contribution in [0.25, 0.3) is 6.08 Å². The molecule has 0 radical (unpaired) electrons. The van der Waals surface area contributed by atoms with Gasteiger partial charge < -0.3 is 10.1 Å². The number of aromatic nitrogens is 1. The number of thioether (sulfide) groups is 1. The summed E-state index contributed by atoms with van der Waals surface area (Å²) in [6.45, 7) is 0.498. The van der Waals surface area contributed by atoms with E-state index in [0.717, 1.165) is 5.69 Å². The Morgan fingerprint density at radius 3 is 2.79 bits per heavy atom. The zero-order valence-electron chi connectivity index (χ0n) is 17.1. The molecule has 6 nitrogen and oxygen atoms in total. The second-order valence-corrected chi connectivity index (χ2v) is 8.76. The van der Waals surface area contributed by atoms with Crippen LogP contribution in [0.1, 0.15) is 16.8 Å². The van der Waals surface area contributed by atoms with Crippen LogP contribution < -0.4 is 10.1 Å². The maximum absolute atomic E-state index is 14.6. The minimum atomic E-state index is -0.576. The Bertz CT molecular complexity index is 1310. The quantitative estimate of drug-likeness (QED) is 0.435. The van der Waals surface area contributed by atoms with Gasteiger partial charge >= 0.3 is 0 Å². The lowest BCUT2D eigenvalue weighted by Gasteiger charge is -2.09. The van der Waals surface area contributed by atoms with Crippen molar-refractivity contribution in [1.82, 2.24) is 10.3 Å². The van der Waals surface area contributed by atoms with Gasteiger partial charge in [0.25, 0.3) is 5.91 Å². The zero-order chi connectivity index (χ0) is 23.2. The van der Waals surface area contributed by atoms with Gasteiger partial charge in [0.1, 0.15) is 5.75 Å². The maximum atomic E-state index is 14.6. The number of aliphatic imine (C=N–C) groups is 1.